The second-order valence-electron chi connectivity index (χ2n) is 3.66. The number of benzene rings is 1. The number of hydrogen-bond acceptors (Lipinski definition) is 4. The molecule has 2 aromatic rings. The molecule has 94 valence electrons. The molecule has 0 bridgehead atoms. The van der Waals surface area contributed by atoms with E-state index in [9.17, 15) is 9.59 Å². The third-order valence-corrected chi connectivity index (χ3v) is 2.49. The highest BCUT2D eigenvalue weighted by Crippen LogP contribution is 2.20. The Morgan fingerprint density at radius 3 is 2.83 bits per heavy atom. The van der Waals surface area contributed by atoms with Gasteiger partial charge in [-0.25, -0.2) is 4.79 Å². The number of hydrogen-bond donors (Lipinski definition) is 1. The van der Waals surface area contributed by atoms with Crippen LogP contribution in [-0.2, 0) is 0 Å². The van der Waals surface area contributed by atoms with E-state index in [0.717, 1.165) is 0 Å². The molecule has 2 rings (SSSR count). The largest absolute Gasteiger partial charge is 0.494 e. The molecule has 18 heavy (non-hydrogen) atoms. The van der Waals surface area contributed by atoms with Crippen molar-refractivity contribution in [2.24, 2.45) is 0 Å². The summed E-state index contributed by atoms with van der Waals surface area (Å²) in [6.07, 6.45) is 0. The van der Waals surface area contributed by atoms with Gasteiger partial charge in [0.1, 0.15) is 16.9 Å². The first kappa shape index (κ1) is 12.2. The second-order valence-corrected chi connectivity index (χ2v) is 3.66. The average molecular weight is 247 g/mol. The van der Waals surface area contributed by atoms with Crippen LogP contribution in [0.25, 0.3) is 11.0 Å². The lowest BCUT2D eigenvalue weighted by Crippen LogP contribution is -2.24. The Hall–Kier alpha value is -2.30. The van der Waals surface area contributed by atoms with Crippen molar-refractivity contribution < 1.29 is 13.9 Å². The third kappa shape index (κ3) is 2.20. The van der Waals surface area contributed by atoms with E-state index in [1.165, 1.54) is 13.1 Å². The number of ether oxygens (including phenoxy) is 1. The number of nitrogens with one attached hydrogen (secondary N) is 1. The Kier molecular flexibility index (Phi) is 3.32. The molecule has 0 aliphatic rings. The molecule has 0 spiro atoms. The maximum atomic E-state index is 11.6. The molecule has 0 aliphatic heterocycles. The van der Waals surface area contributed by atoms with Crippen LogP contribution >= 0.6 is 0 Å². The lowest BCUT2D eigenvalue weighted by molar-refractivity contribution is 0.0959. The fraction of sp³-hybridized carbons (Fsp3) is 0.231. The molecule has 5 nitrogen and oxygen atoms in total. The molecule has 0 unspecified atom stereocenters. The van der Waals surface area contributed by atoms with E-state index in [4.69, 9.17) is 9.15 Å². The molecule has 0 saturated heterocycles. The van der Waals surface area contributed by atoms with Gasteiger partial charge in [-0.2, -0.15) is 0 Å². The second kappa shape index (κ2) is 4.91. The van der Waals surface area contributed by atoms with Crippen molar-refractivity contribution in [3.8, 4) is 5.75 Å². The molecule has 1 N–H and O–H groups in total. The molecule has 1 aromatic carbocycles. The van der Waals surface area contributed by atoms with Crippen molar-refractivity contribution in [3.05, 3.63) is 40.2 Å². The molecule has 0 saturated carbocycles. The zero-order chi connectivity index (χ0) is 13.1. The third-order valence-electron chi connectivity index (χ3n) is 2.49. The first-order valence-corrected chi connectivity index (χ1v) is 5.58. The predicted molar refractivity (Wildman–Crippen MR) is 67.0 cm³/mol. The van der Waals surface area contributed by atoms with E-state index < -0.39 is 11.5 Å². The Bertz CT molecular complexity index is 645. The lowest BCUT2D eigenvalue weighted by Gasteiger charge is -2.05. The quantitative estimate of drug-likeness (QED) is 0.835. The first-order chi connectivity index (χ1) is 8.65. The standard InChI is InChI=1S/C13H13NO4/c1-3-17-9-4-5-11-8(6-9)7-10(12(15)14-2)13(16)18-11/h4-7H,3H2,1-2H3,(H,14,15). The molecule has 0 aliphatic carbocycles. The van der Waals surface area contributed by atoms with E-state index in [1.54, 1.807) is 18.2 Å². The van der Waals surface area contributed by atoms with Gasteiger partial charge in [-0.1, -0.05) is 0 Å². The van der Waals surface area contributed by atoms with Crippen LogP contribution in [0.4, 0.5) is 0 Å². The Morgan fingerprint density at radius 2 is 2.17 bits per heavy atom. The Labute approximate surface area is 103 Å². The summed E-state index contributed by atoms with van der Waals surface area (Å²) in [6, 6.07) is 6.60. The van der Waals surface area contributed by atoms with E-state index >= 15 is 0 Å². The average Bonchev–Trinajstić information content (AvgIpc) is 2.38. The van der Waals surface area contributed by atoms with E-state index in [-0.39, 0.29) is 5.56 Å². The minimum absolute atomic E-state index is 0.0151. The summed E-state index contributed by atoms with van der Waals surface area (Å²) >= 11 is 0. The van der Waals surface area contributed by atoms with E-state index in [0.29, 0.717) is 23.3 Å². The monoisotopic (exact) mass is 247 g/mol. The van der Waals surface area contributed by atoms with E-state index in [1.807, 2.05) is 6.92 Å². The van der Waals surface area contributed by atoms with Gasteiger partial charge in [-0.15, -0.1) is 0 Å². The number of amides is 1. The SMILES string of the molecule is CCOc1ccc2oc(=O)c(C(=O)NC)cc2c1. The maximum absolute atomic E-state index is 11.6. The van der Waals surface area contributed by atoms with Crippen LogP contribution in [0.15, 0.2) is 33.5 Å². The van der Waals surface area contributed by atoms with Gasteiger partial charge in [0, 0.05) is 12.4 Å². The van der Waals surface area contributed by atoms with Gasteiger partial charge in [0.15, 0.2) is 0 Å². The molecule has 5 heteroatoms. The summed E-state index contributed by atoms with van der Waals surface area (Å²) in [5.74, 6) is 0.203. The van der Waals surface area contributed by atoms with Crippen LogP contribution in [0.3, 0.4) is 0 Å². The molecule has 1 heterocycles. The smallest absolute Gasteiger partial charge is 0.349 e. The summed E-state index contributed by atoms with van der Waals surface area (Å²) in [6.45, 7) is 2.43. The zero-order valence-corrected chi connectivity index (χ0v) is 10.1. The van der Waals surface area contributed by atoms with Crippen LogP contribution in [0.1, 0.15) is 17.3 Å². The molecule has 0 atom stereocenters. The number of carbonyl (C=O) groups is 1. The van der Waals surface area contributed by atoms with Gasteiger partial charge >= 0.3 is 5.63 Å². The molecular weight excluding hydrogens is 234 g/mol. The van der Waals surface area contributed by atoms with Crippen molar-refractivity contribution >= 4 is 16.9 Å². The van der Waals surface area contributed by atoms with Crippen molar-refractivity contribution in [3.63, 3.8) is 0 Å². The van der Waals surface area contributed by atoms with Crippen LogP contribution < -0.4 is 15.7 Å². The minimum Gasteiger partial charge on any atom is -0.494 e. The summed E-state index contributed by atoms with van der Waals surface area (Å²) in [4.78, 5) is 23.1. The van der Waals surface area contributed by atoms with Gasteiger partial charge in [0.2, 0.25) is 0 Å². The number of rotatable bonds is 3. The molecule has 0 radical (unpaired) electrons. The molecule has 1 amide bonds. The normalized spacial score (nSPS) is 10.3. The highest BCUT2D eigenvalue weighted by Gasteiger charge is 2.12. The fourth-order valence-corrected chi connectivity index (χ4v) is 1.65. The molecule has 0 fully saturated rings. The summed E-state index contributed by atoms with van der Waals surface area (Å²) in [5.41, 5.74) is -0.235. The van der Waals surface area contributed by atoms with Crippen molar-refractivity contribution in [1.29, 1.82) is 0 Å². The number of carbonyl (C=O) groups excluding carboxylic acids is 1. The van der Waals surface area contributed by atoms with Gasteiger partial charge in [-0.05, 0) is 31.2 Å². The number of fused-ring (bicyclic) bond motifs is 1. The minimum atomic E-state index is -0.647. The zero-order valence-electron chi connectivity index (χ0n) is 10.1. The van der Waals surface area contributed by atoms with Crippen LogP contribution in [0.2, 0.25) is 0 Å². The summed E-state index contributed by atoms with van der Waals surface area (Å²) < 4.78 is 10.4. The Morgan fingerprint density at radius 1 is 1.39 bits per heavy atom. The van der Waals surface area contributed by atoms with Crippen LogP contribution in [0, 0.1) is 0 Å². The van der Waals surface area contributed by atoms with Crippen LogP contribution in [0.5, 0.6) is 5.75 Å². The Balaban J connectivity index is 2.59. The van der Waals surface area contributed by atoms with E-state index in [2.05, 4.69) is 5.32 Å². The lowest BCUT2D eigenvalue weighted by atomic mass is 10.1. The molecular formula is C13H13NO4. The van der Waals surface area contributed by atoms with Gasteiger partial charge in [0.25, 0.3) is 5.91 Å². The fourth-order valence-electron chi connectivity index (χ4n) is 1.65. The van der Waals surface area contributed by atoms with Crippen molar-refractivity contribution in [2.75, 3.05) is 13.7 Å². The van der Waals surface area contributed by atoms with Gasteiger partial charge < -0.3 is 14.5 Å². The van der Waals surface area contributed by atoms with Crippen molar-refractivity contribution in [2.45, 2.75) is 6.92 Å². The maximum Gasteiger partial charge on any atom is 0.349 e. The highest BCUT2D eigenvalue weighted by atomic mass is 16.5. The summed E-state index contributed by atoms with van der Waals surface area (Å²) in [5, 5.41) is 3.05. The predicted octanol–water partition coefficient (Wildman–Crippen LogP) is 1.55. The van der Waals surface area contributed by atoms with Crippen molar-refractivity contribution in [1.82, 2.24) is 5.32 Å². The van der Waals surface area contributed by atoms with Gasteiger partial charge in [-0.3, -0.25) is 4.79 Å². The topological polar surface area (TPSA) is 68.5 Å². The van der Waals surface area contributed by atoms with Gasteiger partial charge in [0.05, 0.1) is 6.61 Å². The van der Waals surface area contributed by atoms with Crippen LogP contribution in [-0.4, -0.2) is 19.6 Å². The first-order valence-electron chi connectivity index (χ1n) is 5.58. The highest BCUT2D eigenvalue weighted by molar-refractivity contribution is 5.96. The summed E-state index contributed by atoms with van der Waals surface area (Å²) in [7, 11) is 1.46. The molecule has 1 aromatic heterocycles.